The van der Waals surface area contributed by atoms with Gasteiger partial charge >= 0.3 is 0 Å². The van der Waals surface area contributed by atoms with Crippen molar-refractivity contribution in [2.75, 3.05) is 0 Å². The Kier molecular flexibility index (Phi) is 5.16. The number of halogens is 2. The minimum Gasteiger partial charge on any atom is -0.273 e. The summed E-state index contributed by atoms with van der Waals surface area (Å²) in [5.41, 5.74) is 4.09. The molecule has 0 radical (unpaired) electrons. The Morgan fingerprint density at radius 3 is 2.50 bits per heavy atom. The summed E-state index contributed by atoms with van der Waals surface area (Å²) in [6.45, 7) is 0. The number of nitrogens with one attached hydrogen (secondary N) is 1. The van der Waals surface area contributed by atoms with Gasteiger partial charge in [-0.15, -0.1) is 0 Å². The number of carbonyl (C=O) groups is 1. The highest BCUT2D eigenvalue weighted by Crippen LogP contribution is 2.12. The maximum atomic E-state index is 11.7. The van der Waals surface area contributed by atoms with Crippen LogP contribution in [0.5, 0.6) is 0 Å². The molecule has 20 heavy (non-hydrogen) atoms. The molecule has 3 nitrogen and oxygen atoms in total. The van der Waals surface area contributed by atoms with Crippen molar-refractivity contribution in [3.63, 3.8) is 0 Å². The molecule has 0 saturated heterocycles. The van der Waals surface area contributed by atoms with E-state index in [9.17, 15) is 4.79 Å². The van der Waals surface area contributed by atoms with Crippen LogP contribution in [-0.2, 0) is 11.2 Å². The fraction of sp³-hybridized carbons (Fsp3) is 0.0667. The SMILES string of the molecule is O=C(Cc1ccc(Cl)cc1)NN=Cc1ccccc1Cl. The monoisotopic (exact) mass is 306 g/mol. The zero-order chi connectivity index (χ0) is 14.4. The van der Waals surface area contributed by atoms with Crippen LogP contribution in [0.15, 0.2) is 53.6 Å². The van der Waals surface area contributed by atoms with Crippen molar-refractivity contribution in [3.05, 3.63) is 69.7 Å². The minimum atomic E-state index is -0.198. The number of carbonyl (C=O) groups excluding carboxylic acids is 1. The third kappa shape index (κ3) is 4.37. The molecule has 0 aromatic heterocycles. The van der Waals surface area contributed by atoms with Gasteiger partial charge in [0.1, 0.15) is 0 Å². The molecule has 0 atom stereocenters. The average Bonchev–Trinajstić information content (AvgIpc) is 2.43. The molecule has 1 amide bonds. The average molecular weight is 307 g/mol. The van der Waals surface area contributed by atoms with Gasteiger partial charge in [-0.25, -0.2) is 5.43 Å². The standard InChI is InChI=1S/C15H12Cl2N2O/c16-13-7-5-11(6-8-13)9-15(20)19-18-10-12-3-1-2-4-14(12)17/h1-8,10H,9H2,(H,19,20). The lowest BCUT2D eigenvalue weighted by Crippen LogP contribution is -2.19. The lowest BCUT2D eigenvalue weighted by atomic mass is 10.1. The van der Waals surface area contributed by atoms with E-state index in [0.717, 1.165) is 11.1 Å². The Balaban J connectivity index is 1.89. The Morgan fingerprint density at radius 1 is 1.10 bits per heavy atom. The van der Waals surface area contributed by atoms with Gasteiger partial charge in [0.15, 0.2) is 0 Å². The number of hydrazone groups is 1. The third-order valence-electron chi connectivity index (χ3n) is 2.58. The largest absolute Gasteiger partial charge is 0.273 e. The molecule has 0 saturated carbocycles. The van der Waals surface area contributed by atoms with E-state index in [2.05, 4.69) is 10.5 Å². The second kappa shape index (κ2) is 7.08. The van der Waals surface area contributed by atoms with Gasteiger partial charge in [0, 0.05) is 15.6 Å². The van der Waals surface area contributed by atoms with Crippen LogP contribution in [0.1, 0.15) is 11.1 Å². The summed E-state index contributed by atoms with van der Waals surface area (Å²) in [4.78, 5) is 11.7. The second-order valence-electron chi connectivity index (χ2n) is 4.12. The lowest BCUT2D eigenvalue weighted by molar-refractivity contribution is -0.120. The van der Waals surface area contributed by atoms with Crippen LogP contribution in [-0.4, -0.2) is 12.1 Å². The molecule has 0 spiro atoms. The van der Waals surface area contributed by atoms with Gasteiger partial charge in [0.25, 0.3) is 0 Å². The van der Waals surface area contributed by atoms with E-state index in [1.165, 1.54) is 6.21 Å². The first kappa shape index (κ1) is 14.6. The molecule has 2 aromatic rings. The van der Waals surface area contributed by atoms with Crippen molar-refractivity contribution in [2.24, 2.45) is 5.10 Å². The van der Waals surface area contributed by atoms with Gasteiger partial charge < -0.3 is 0 Å². The topological polar surface area (TPSA) is 41.5 Å². The number of nitrogens with zero attached hydrogens (tertiary/aromatic N) is 1. The van der Waals surface area contributed by atoms with Gasteiger partial charge in [0.2, 0.25) is 5.91 Å². The molecule has 0 fully saturated rings. The molecule has 0 aliphatic rings. The van der Waals surface area contributed by atoms with Crippen molar-refractivity contribution in [1.29, 1.82) is 0 Å². The highest BCUT2D eigenvalue weighted by atomic mass is 35.5. The summed E-state index contributed by atoms with van der Waals surface area (Å²) in [5.74, 6) is -0.198. The van der Waals surface area contributed by atoms with E-state index >= 15 is 0 Å². The van der Waals surface area contributed by atoms with Gasteiger partial charge in [-0.05, 0) is 23.8 Å². The highest BCUT2D eigenvalue weighted by Gasteiger charge is 2.02. The third-order valence-corrected chi connectivity index (χ3v) is 3.17. The maximum Gasteiger partial charge on any atom is 0.244 e. The van der Waals surface area contributed by atoms with E-state index in [0.29, 0.717) is 10.0 Å². The molecule has 0 aliphatic heterocycles. The minimum absolute atomic E-state index is 0.198. The molecule has 5 heteroatoms. The van der Waals surface area contributed by atoms with Crippen molar-refractivity contribution in [3.8, 4) is 0 Å². The fourth-order valence-electron chi connectivity index (χ4n) is 1.58. The Morgan fingerprint density at radius 2 is 1.80 bits per heavy atom. The van der Waals surface area contributed by atoms with Crippen LogP contribution >= 0.6 is 23.2 Å². The van der Waals surface area contributed by atoms with Crippen LogP contribution < -0.4 is 5.43 Å². The molecular formula is C15H12Cl2N2O. The summed E-state index contributed by atoms with van der Waals surface area (Å²) in [5, 5.41) is 5.11. The Hall–Kier alpha value is -1.84. The second-order valence-corrected chi connectivity index (χ2v) is 4.96. The molecule has 0 heterocycles. The Labute approximate surface area is 127 Å². The van der Waals surface area contributed by atoms with Crippen molar-refractivity contribution in [1.82, 2.24) is 5.43 Å². The van der Waals surface area contributed by atoms with Crippen LogP contribution in [0, 0.1) is 0 Å². The molecule has 0 aliphatic carbocycles. The molecule has 2 aromatic carbocycles. The van der Waals surface area contributed by atoms with E-state index in [1.54, 1.807) is 30.3 Å². The predicted octanol–water partition coefficient (Wildman–Crippen LogP) is 3.69. The Bertz CT molecular complexity index is 624. The number of benzene rings is 2. The zero-order valence-electron chi connectivity index (χ0n) is 10.5. The fourth-order valence-corrected chi connectivity index (χ4v) is 1.89. The predicted molar refractivity (Wildman–Crippen MR) is 82.3 cm³/mol. The van der Waals surface area contributed by atoms with Crippen molar-refractivity contribution in [2.45, 2.75) is 6.42 Å². The van der Waals surface area contributed by atoms with Gasteiger partial charge in [-0.2, -0.15) is 5.10 Å². The molecule has 0 unspecified atom stereocenters. The van der Waals surface area contributed by atoms with E-state index in [1.807, 2.05) is 18.2 Å². The van der Waals surface area contributed by atoms with Crippen LogP contribution in [0.4, 0.5) is 0 Å². The number of hydrogen-bond donors (Lipinski definition) is 1. The first-order valence-electron chi connectivity index (χ1n) is 5.96. The van der Waals surface area contributed by atoms with Gasteiger partial charge in [0.05, 0.1) is 12.6 Å². The van der Waals surface area contributed by atoms with Crippen LogP contribution in [0.2, 0.25) is 10.0 Å². The van der Waals surface area contributed by atoms with E-state index in [-0.39, 0.29) is 12.3 Å². The molecule has 0 bridgehead atoms. The number of hydrogen-bond acceptors (Lipinski definition) is 2. The van der Waals surface area contributed by atoms with E-state index in [4.69, 9.17) is 23.2 Å². The van der Waals surface area contributed by atoms with Gasteiger partial charge in [-0.1, -0.05) is 53.5 Å². The summed E-state index contributed by atoms with van der Waals surface area (Å²) < 4.78 is 0. The molecule has 1 N–H and O–H groups in total. The lowest BCUT2D eigenvalue weighted by Gasteiger charge is -2.01. The van der Waals surface area contributed by atoms with Gasteiger partial charge in [-0.3, -0.25) is 4.79 Å². The number of amides is 1. The first-order valence-corrected chi connectivity index (χ1v) is 6.71. The summed E-state index contributed by atoms with van der Waals surface area (Å²) >= 11 is 11.7. The summed E-state index contributed by atoms with van der Waals surface area (Å²) in [7, 11) is 0. The summed E-state index contributed by atoms with van der Waals surface area (Å²) in [6.07, 6.45) is 1.76. The highest BCUT2D eigenvalue weighted by molar-refractivity contribution is 6.33. The molecule has 2 rings (SSSR count). The zero-order valence-corrected chi connectivity index (χ0v) is 12.0. The normalized spacial score (nSPS) is 10.7. The first-order chi connectivity index (χ1) is 9.65. The van der Waals surface area contributed by atoms with Crippen molar-refractivity contribution >= 4 is 35.3 Å². The van der Waals surface area contributed by atoms with E-state index < -0.39 is 0 Å². The smallest absolute Gasteiger partial charge is 0.244 e. The molecular weight excluding hydrogens is 295 g/mol. The number of rotatable bonds is 4. The van der Waals surface area contributed by atoms with Crippen LogP contribution in [0.25, 0.3) is 0 Å². The van der Waals surface area contributed by atoms with Crippen LogP contribution in [0.3, 0.4) is 0 Å². The van der Waals surface area contributed by atoms with Crippen molar-refractivity contribution < 1.29 is 4.79 Å². The maximum absolute atomic E-state index is 11.7. The summed E-state index contributed by atoms with van der Waals surface area (Å²) in [6, 6.07) is 14.4. The molecule has 102 valence electrons. The quantitative estimate of drug-likeness (QED) is 0.679.